The predicted octanol–water partition coefficient (Wildman–Crippen LogP) is 2.45. The van der Waals surface area contributed by atoms with E-state index in [0.717, 1.165) is 31.5 Å². The number of ether oxygens (including phenoxy) is 1. The Morgan fingerprint density at radius 1 is 1.10 bits per heavy atom. The van der Waals surface area contributed by atoms with Gasteiger partial charge in [0, 0.05) is 44.0 Å². The zero-order valence-electron chi connectivity index (χ0n) is 17.0. The van der Waals surface area contributed by atoms with E-state index in [9.17, 15) is 13.2 Å². The second kappa shape index (κ2) is 9.52. The van der Waals surface area contributed by atoms with E-state index in [1.165, 1.54) is 12.1 Å². The Morgan fingerprint density at radius 3 is 2.45 bits per heavy atom. The first-order valence-corrected chi connectivity index (χ1v) is 11.7. The number of rotatable bonds is 7. The van der Waals surface area contributed by atoms with E-state index in [2.05, 4.69) is 4.90 Å². The maximum absolute atomic E-state index is 13.4. The molecule has 0 N–H and O–H groups in total. The standard InChI is InChI=1S/C22H28N2O4S/c1-18(16-23-11-13-28-14-12-23)24(17-19-7-4-3-5-8-19)22(25)20-9-6-10-21(15-20)29(2,26)27/h3-10,15,18H,11-14,16-17H2,1-2H3. The third-order valence-electron chi connectivity index (χ3n) is 5.12. The quantitative estimate of drug-likeness (QED) is 0.694. The molecule has 1 aliphatic rings. The Bertz CT molecular complexity index is 925. The van der Waals surface area contributed by atoms with Crippen LogP contribution in [-0.4, -0.2) is 69.3 Å². The highest BCUT2D eigenvalue weighted by atomic mass is 32.2. The number of sulfone groups is 1. The van der Waals surface area contributed by atoms with E-state index < -0.39 is 9.84 Å². The fourth-order valence-electron chi connectivity index (χ4n) is 3.49. The molecule has 0 radical (unpaired) electrons. The van der Waals surface area contributed by atoms with Gasteiger partial charge in [-0.2, -0.15) is 0 Å². The lowest BCUT2D eigenvalue weighted by atomic mass is 10.1. The van der Waals surface area contributed by atoms with Crippen LogP contribution in [0.4, 0.5) is 0 Å². The van der Waals surface area contributed by atoms with Crippen molar-refractivity contribution < 1.29 is 17.9 Å². The summed E-state index contributed by atoms with van der Waals surface area (Å²) in [5.41, 5.74) is 1.42. The molecule has 1 fully saturated rings. The van der Waals surface area contributed by atoms with Crippen molar-refractivity contribution in [1.82, 2.24) is 9.80 Å². The summed E-state index contributed by atoms with van der Waals surface area (Å²) in [5.74, 6) is -0.167. The summed E-state index contributed by atoms with van der Waals surface area (Å²) in [6.45, 7) is 6.35. The SMILES string of the molecule is CC(CN1CCOCC1)N(Cc1ccccc1)C(=O)c1cccc(S(C)(=O)=O)c1. The van der Waals surface area contributed by atoms with Crippen LogP contribution in [0, 0.1) is 0 Å². The zero-order chi connectivity index (χ0) is 20.9. The van der Waals surface area contributed by atoms with Gasteiger partial charge in [0.15, 0.2) is 9.84 Å². The van der Waals surface area contributed by atoms with Gasteiger partial charge < -0.3 is 9.64 Å². The number of carbonyl (C=O) groups excluding carboxylic acids is 1. The average Bonchev–Trinajstić information content (AvgIpc) is 2.72. The van der Waals surface area contributed by atoms with E-state index in [1.807, 2.05) is 42.2 Å². The fraction of sp³-hybridized carbons (Fsp3) is 0.409. The maximum Gasteiger partial charge on any atom is 0.254 e. The van der Waals surface area contributed by atoms with Crippen LogP contribution in [0.15, 0.2) is 59.5 Å². The molecule has 2 aromatic carbocycles. The van der Waals surface area contributed by atoms with Gasteiger partial charge in [-0.1, -0.05) is 36.4 Å². The lowest BCUT2D eigenvalue weighted by Crippen LogP contribution is -2.48. The topological polar surface area (TPSA) is 66.9 Å². The minimum Gasteiger partial charge on any atom is -0.379 e. The molecule has 1 unspecified atom stereocenters. The van der Waals surface area contributed by atoms with Gasteiger partial charge in [0.05, 0.1) is 18.1 Å². The third-order valence-corrected chi connectivity index (χ3v) is 6.23. The molecule has 1 saturated heterocycles. The van der Waals surface area contributed by atoms with Crippen molar-refractivity contribution in [3.63, 3.8) is 0 Å². The molecule has 29 heavy (non-hydrogen) atoms. The molecule has 0 aliphatic carbocycles. The Labute approximate surface area is 173 Å². The molecule has 0 spiro atoms. The fourth-order valence-corrected chi connectivity index (χ4v) is 4.16. The molecular formula is C22H28N2O4S. The number of hydrogen-bond acceptors (Lipinski definition) is 5. The van der Waals surface area contributed by atoms with Crippen LogP contribution in [0.1, 0.15) is 22.8 Å². The Morgan fingerprint density at radius 2 is 1.79 bits per heavy atom. The molecule has 0 saturated carbocycles. The number of hydrogen-bond donors (Lipinski definition) is 0. The summed E-state index contributed by atoms with van der Waals surface area (Å²) in [4.78, 5) is 17.7. The van der Waals surface area contributed by atoms with Crippen LogP contribution in [-0.2, 0) is 21.1 Å². The second-order valence-electron chi connectivity index (χ2n) is 7.48. The Hall–Kier alpha value is -2.22. The van der Waals surface area contributed by atoms with E-state index >= 15 is 0 Å². The molecule has 1 atom stereocenters. The highest BCUT2D eigenvalue weighted by Gasteiger charge is 2.25. The van der Waals surface area contributed by atoms with Gasteiger partial charge in [0.1, 0.15) is 0 Å². The molecule has 1 aliphatic heterocycles. The lowest BCUT2D eigenvalue weighted by Gasteiger charge is -2.35. The summed E-state index contributed by atoms with van der Waals surface area (Å²) in [5, 5.41) is 0. The van der Waals surface area contributed by atoms with Crippen molar-refractivity contribution in [2.75, 3.05) is 39.1 Å². The zero-order valence-corrected chi connectivity index (χ0v) is 17.8. The molecule has 0 aromatic heterocycles. The second-order valence-corrected chi connectivity index (χ2v) is 9.50. The van der Waals surface area contributed by atoms with Gasteiger partial charge in [-0.15, -0.1) is 0 Å². The first-order valence-electron chi connectivity index (χ1n) is 9.80. The third kappa shape index (κ3) is 5.88. The smallest absolute Gasteiger partial charge is 0.254 e. The first kappa shape index (κ1) is 21.5. The molecule has 0 bridgehead atoms. The van der Waals surface area contributed by atoms with Gasteiger partial charge >= 0.3 is 0 Å². The molecule has 3 rings (SSSR count). The number of carbonyl (C=O) groups is 1. The van der Waals surface area contributed by atoms with Crippen molar-refractivity contribution in [1.29, 1.82) is 0 Å². The molecule has 7 heteroatoms. The summed E-state index contributed by atoms with van der Waals surface area (Å²) < 4.78 is 29.3. The number of morpholine rings is 1. The summed E-state index contributed by atoms with van der Waals surface area (Å²) in [7, 11) is -3.38. The molecule has 2 aromatic rings. The van der Waals surface area contributed by atoms with Crippen LogP contribution in [0.25, 0.3) is 0 Å². The van der Waals surface area contributed by atoms with E-state index in [4.69, 9.17) is 4.74 Å². The lowest BCUT2D eigenvalue weighted by molar-refractivity contribution is 0.0228. The summed E-state index contributed by atoms with van der Waals surface area (Å²) in [6.07, 6.45) is 1.15. The van der Waals surface area contributed by atoms with Crippen LogP contribution in [0.2, 0.25) is 0 Å². The van der Waals surface area contributed by atoms with Crippen molar-refractivity contribution >= 4 is 15.7 Å². The monoisotopic (exact) mass is 416 g/mol. The number of benzene rings is 2. The van der Waals surface area contributed by atoms with Crippen molar-refractivity contribution in [2.24, 2.45) is 0 Å². The summed E-state index contributed by atoms with van der Waals surface area (Å²) in [6, 6.07) is 16.1. The summed E-state index contributed by atoms with van der Waals surface area (Å²) >= 11 is 0. The number of nitrogens with zero attached hydrogens (tertiary/aromatic N) is 2. The van der Waals surface area contributed by atoms with Crippen molar-refractivity contribution in [3.05, 3.63) is 65.7 Å². The van der Waals surface area contributed by atoms with E-state index in [-0.39, 0.29) is 16.8 Å². The van der Waals surface area contributed by atoms with Crippen LogP contribution >= 0.6 is 0 Å². The van der Waals surface area contributed by atoms with Crippen LogP contribution in [0.5, 0.6) is 0 Å². The van der Waals surface area contributed by atoms with E-state index in [1.54, 1.807) is 12.1 Å². The number of amides is 1. The average molecular weight is 417 g/mol. The maximum atomic E-state index is 13.4. The normalized spacial score (nSPS) is 16.3. The predicted molar refractivity (Wildman–Crippen MR) is 113 cm³/mol. The molecule has 156 valence electrons. The minimum absolute atomic E-state index is 0.0392. The molecule has 6 nitrogen and oxygen atoms in total. The van der Waals surface area contributed by atoms with E-state index in [0.29, 0.717) is 25.3 Å². The van der Waals surface area contributed by atoms with Crippen molar-refractivity contribution in [3.8, 4) is 0 Å². The largest absolute Gasteiger partial charge is 0.379 e. The Kier molecular flexibility index (Phi) is 7.05. The highest BCUT2D eigenvalue weighted by Crippen LogP contribution is 2.18. The van der Waals surface area contributed by atoms with Crippen LogP contribution in [0.3, 0.4) is 0 Å². The highest BCUT2D eigenvalue weighted by molar-refractivity contribution is 7.90. The molecule has 1 heterocycles. The van der Waals surface area contributed by atoms with Gasteiger partial charge in [-0.05, 0) is 30.7 Å². The Balaban J connectivity index is 1.86. The first-order chi connectivity index (χ1) is 13.8. The van der Waals surface area contributed by atoms with Crippen molar-refractivity contribution in [2.45, 2.75) is 24.4 Å². The minimum atomic E-state index is -3.38. The molecule has 1 amide bonds. The van der Waals surface area contributed by atoms with Crippen LogP contribution < -0.4 is 0 Å². The molecular weight excluding hydrogens is 388 g/mol. The van der Waals surface area contributed by atoms with Gasteiger partial charge in [0.25, 0.3) is 5.91 Å². The van der Waals surface area contributed by atoms with Gasteiger partial charge in [-0.3, -0.25) is 9.69 Å². The van der Waals surface area contributed by atoms with Gasteiger partial charge in [-0.25, -0.2) is 8.42 Å². The van der Waals surface area contributed by atoms with Gasteiger partial charge in [0.2, 0.25) is 0 Å².